The highest BCUT2D eigenvalue weighted by Crippen LogP contribution is 2.37. The molecule has 1 aromatic carbocycles. The van der Waals surface area contributed by atoms with Crippen LogP contribution >= 0.6 is 0 Å². The third-order valence-corrected chi connectivity index (χ3v) is 3.60. The van der Waals surface area contributed by atoms with E-state index in [0.29, 0.717) is 6.42 Å². The Balaban J connectivity index is 2.12. The van der Waals surface area contributed by atoms with Crippen molar-refractivity contribution >= 4 is 5.78 Å². The Bertz CT molecular complexity index is 402. The second kappa shape index (κ2) is 4.88. The fraction of sp³-hybridized carbons (Fsp3) is 0.500. The second-order valence-electron chi connectivity index (χ2n) is 4.46. The van der Waals surface area contributed by atoms with Gasteiger partial charge >= 0.3 is 0 Å². The molecule has 0 bridgehead atoms. The van der Waals surface area contributed by atoms with E-state index in [2.05, 4.69) is 0 Å². The second-order valence-corrected chi connectivity index (χ2v) is 4.46. The predicted molar refractivity (Wildman–Crippen MR) is 65.3 cm³/mol. The fourth-order valence-electron chi connectivity index (χ4n) is 2.28. The highest BCUT2D eigenvalue weighted by molar-refractivity contribution is 5.90. The minimum Gasteiger partial charge on any atom is -0.496 e. The molecule has 0 atom stereocenters. The van der Waals surface area contributed by atoms with E-state index in [-0.39, 0.29) is 5.78 Å². The van der Waals surface area contributed by atoms with Crippen LogP contribution in [0.15, 0.2) is 24.3 Å². The molecule has 0 amide bonds. The van der Waals surface area contributed by atoms with Crippen LogP contribution in [0.25, 0.3) is 0 Å². The lowest BCUT2D eigenvalue weighted by atomic mass is 9.75. The van der Waals surface area contributed by atoms with Gasteiger partial charge in [0.05, 0.1) is 7.11 Å². The van der Waals surface area contributed by atoms with Crippen molar-refractivity contribution < 1.29 is 14.3 Å². The van der Waals surface area contributed by atoms with Crippen molar-refractivity contribution in [3.05, 3.63) is 29.8 Å². The highest BCUT2D eigenvalue weighted by Gasteiger charge is 2.43. The van der Waals surface area contributed by atoms with Crippen molar-refractivity contribution in [1.82, 2.24) is 0 Å². The van der Waals surface area contributed by atoms with Gasteiger partial charge in [0.25, 0.3) is 0 Å². The molecule has 1 aromatic rings. The molecule has 3 heteroatoms. The molecule has 0 heterocycles. The zero-order valence-electron chi connectivity index (χ0n) is 10.4. The summed E-state index contributed by atoms with van der Waals surface area (Å²) in [5.41, 5.74) is 0.407. The minimum atomic E-state index is -0.527. The van der Waals surface area contributed by atoms with E-state index in [1.54, 1.807) is 14.2 Å². The number of carbonyl (C=O) groups is 1. The summed E-state index contributed by atoms with van der Waals surface area (Å²) in [4.78, 5) is 12.2. The molecule has 0 spiro atoms. The van der Waals surface area contributed by atoms with Crippen molar-refractivity contribution in [2.24, 2.45) is 0 Å². The van der Waals surface area contributed by atoms with E-state index in [4.69, 9.17) is 9.47 Å². The first-order chi connectivity index (χ1) is 8.22. The van der Waals surface area contributed by atoms with E-state index < -0.39 is 5.60 Å². The molecule has 0 saturated heterocycles. The van der Waals surface area contributed by atoms with E-state index in [1.165, 1.54) is 0 Å². The average Bonchev–Trinajstić information content (AvgIpc) is 2.29. The quantitative estimate of drug-likeness (QED) is 0.784. The van der Waals surface area contributed by atoms with Gasteiger partial charge in [-0.05, 0) is 25.3 Å². The van der Waals surface area contributed by atoms with Gasteiger partial charge in [-0.1, -0.05) is 18.2 Å². The lowest BCUT2D eigenvalue weighted by molar-refractivity contribution is -0.151. The molecule has 1 fully saturated rings. The molecule has 1 aliphatic carbocycles. The van der Waals surface area contributed by atoms with Gasteiger partial charge in [0.2, 0.25) is 0 Å². The van der Waals surface area contributed by atoms with Crippen molar-refractivity contribution in [1.29, 1.82) is 0 Å². The maximum absolute atomic E-state index is 12.2. The molecule has 0 N–H and O–H groups in total. The Kier molecular flexibility index (Phi) is 3.48. The summed E-state index contributed by atoms with van der Waals surface area (Å²) in [6.07, 6.45) is 3.15. The van der Waals surface area contributed by atoms with E-state index in [0.717, 1.165) is 30.6 Å². The zero-order chi connectivity index (χ0) is 12.3. The average molecular weight is 234 g/mol. The zero-order valence-corrected chi connectivity index (χ0v) is 10.4. The van der Waals surface area contributed by atoms with Gasteiger partial charge in [0, 0.05) is 19.1 Å². The number of Topliss-reactive ketones (excluding diaryl/α,β-unsaturated/α-hetero) is 1. The van der Waals surface area contributed by atoms with Gasteiger partial charge < -0.3 is 9.47 Å². The molecule has 92 valence electrons. The SMILES string of the molecule is COc1ccccc1CC(=O)C1(OC)CCC1. The topological polar surface area (TPSA) is 35.5 Å². The normalized spacial score (nSPS) is 17.3. The predicted octanol–water partition coefficient (Wildman–Crippen LogP) is 2.38. The van der Waals surface area contributed by atoms with Gasteiger partial charge in [0.1, 0.15) is 11.4 Å². The van der Waals surface area contributed by atoms with Gasteiger partial charge in [-0.15, -0.1) is 0 Å². The number of ether oxygens (including phenoxy) is 2. The van der Waals surface area contributed by atoms with Crippen LogP contribution < -0.4 is 4.74 Å². The molecule has 1 saturated carbocycles. The largest absolute Gasteiger partial charge is 0.496 e. The number of carbonyl (C=O) groups excluding carboxylic acids is 1. The summed E-state index contributed by atoms with van der Waals surface area (Å²) in [6, 6.07) is 7.63. The molecular weight excluding hydrogens is 216 g/mol. The monoisotopic (exact) mass is 234 g/mol. The van der Waals surface area contributed by atoms with Crippen LogP contribution in [0.1, 0.15) is 24.8 Å². The summed E-state index contributed by atoms with van der Waals surface area (Å²) >= 11 is 0. The Morgan fingerprint density at radius 3 is 2.53 bits per heavy atom. The van der Waals surface area contributed by atoms with Crippen molar-refractivity contribution in [2.45, 2.75) is 31.3 Å². The third-order valence-electron chi connectivity index (χ3n) is 3.60. The number of para-hydroxylation sites is 1. The third kappa shape index (κ3) is 2.20. The summed E-state index contributed by atoms with van der Waals surface area (Å²) in [6.45, 7) is 0. The van der Waals surface area contributed by atoms with Gasteiger partial charge in [0.15, 0.2) is 5.78 Å². The molecule has 3 nitrogen and oxygen atoms in total. The molecule has 0 radical (unpaired) electrons. The summed E-state index contributed by atoms with van der Waals surface area (Å²) in [5, 5.41) is 0. The smallest absolute Gasteiger partial charge is 0.169 e. The van der Waals surface area contributed by atoms with Gasteiger partial charge in [-0.25, -0.2) is 0 Å². The highest BCUT2D eigenvalue weighted by atomic mass is 16.5. The Labute approximate surface area is 102 Å². The number of ketones is 1. The number of methoxy groups -OCH3 is 2. The minimum absolute atomic E-state index is 0.163. The van der Waals surface area contributed by atoms with Crippen LogP contribution in [-0.4, -0.2) is 25.6 Å². The molecule has 0 unspecified atom stereocenters. The van der Waals surface area contributed by atoms with Crippen LogP contribution in [0.4, 0.5) is 0 Å². The first kappa shape index (κ1) is 12.1. The summed E-state index contributed by atoms with van der Waals surface area (Å²) in [7, 11) is 3.25. The Morgan fingerprint density at radius 1 is 1.29 bits per heavy atom. The first-order valence-corrected chi connectivity index (χ1v) is 5.92. The van der Waals surface area contributed by atoms with Crippen LogP contribution in [0.5, 0.6) is 5.75 Å². The lowest BCUT2D eigenvalue weighted by Gasteiger charge is -2.38. The van der Waals surface area contributed by atoms with Crippen LogP contribution in [0.2, 0.25) is 0 Å². The lowest BCUT2D eigenvalue weighted by Crippen LogP contribution is -2.47. The Morgan fingerprint density at radius 2 is 2.00 bits per heavy atom. The summed E-state index contributed by atoms with van der Waals surface area (Å²) in [5.74, 6) is 0.933. The molecule has 17 heavy (non-hydrogen) atoms. The molecular formula is C14H18O3. The van der Waals surface area contributed by atoms with E-state index in [9.17, 15) is 4.79 Å². The number of hydrogen-bond acceptors (Lipinski definition) is 3. The first-order valence-electron chi connectivity index (χ1n) is 5.92. The van der Waals surface area contributed by atoms with E-state index >= 15 is 0 Å². The summed E-state index contributed by atoms with van der Waals surface area (Å²) < 4.78 is 10.6. The van der Waals surface area contributed by atoms with E-state index in [1.807, 2.05) is 24.3 Å². The number of benzene rings is 1. The molecule has 0 aliphatic heterocycles. The number of rotatable bonds is 5. The van der Waals surface area contributed by atoms with Crippen LogP contribution in [0, 0.1) is 0 Å². The fourth-order valence-corrected chi connectivity index (χ4v) is 2.28. The molecule has 2 rings (SSSR count). The maximum Gasteiger partial charge on any atom is 0.169 e. The standard InChI is InChI=1S/C14H18O3/c1-16-12-7-4-3-6-11(12)10-13(15)14(17-2)8-5-9-14/h3-4,6-7H,5,8-10H2,1-2H3. The molecule has 0 aromatic heterocycles. The Hall–Kier alpha value is -1.35. The van der Waals surface area contributed by atoms with Crippen molar-refractivity contribution in [3.8, 4) is 5.75 Å². The molecule has 1 aliphatic rings. The van der Waals surface area contributed by atoms with Gasteiger partial charge in [-0.3, -0.25) is 4.79 Å². The maximum atomic E-state index is 12.2. The van der Waals surface area contributed by atoms with Crippen molar-refractivity contribution in [3.63, 3.8) is 0 Å². The van der Waals surface area contributed by atoms with Crippen molar-refractivity contribution in [2.75, 3.05) is 14.2 Å². The van der Waals surface area contributed by atoms with Gasteiger partial charge in [-0.2, -0.15) is 0 Å². The van der Waals surface area contributed by atoms with Crippen LogP contribution in [0.3, 0.4) is 0 Å². The number of hydrogen-bond donors (Lipinski definition) is 0. The van der Waals surface area contributed by atoms with Crippen LogP contribution in [-0.2, 0) is 16.0 Å².